The molecule has 0 atom stereocenters. The maximum atomic E-state index is 12.7. The minimum absolute atomic E-state index is 0.260. The van der Waals surface area contributed by atoms with Crippen molar-refractivity contribution in [3.8, 4) is 0 Å². The summed E-state index contributed by atoms with van der Waals surface area (Å²) >= 11 is 6.15. The highest BCUT2D eigenvalue weighted by Gasteiger charge is 2.01. The second-order valence-corrected chi connectivity index (χ2v) is 3.92. The third-order valence-electron chi connectivity index (χ3n) is 1.26. The molecule has 0 bridgehead atoms. The smallest absolute Gasteiger partial charge is 0.224 e. The molecular formula is C9H9FOS2. The molecule has 0 aliphatic carbocycles. The third-order valence-corrected chi connectivity index (χ3v) is 2.40. The molecule has 1 aromatic rings. The highest BCUT2D eigenvalue weighted by molar-refractivity contribution is 8.22. The zero-order valence-electron chi connectivity index (χ0n) is 7.12. The van der Waals surface area contributed by atoms with Crippen LogP contribution in [-0.2, 0) is 4.74 Å². The largest absolute Gasteiger partial charge is 0.479 e. The van der Waals surface area contributed by atoms with Crippen LogP contribution in [0.25, 0.3) is 0 Å². The highest BCUT2D eigenvalue weighted by Crippen LogP contribution is 2.20. The maximum absolute atomic E-state index is 12.7. The highest BCUT2D eigenvalue weighted by atomic mass is 32.2. The van der Waals surface area contributed by atoms with Gasteiger partial charge in [0, 0.05) is 4.90 Å². The number of thiocarbonyl (C=S) groups is 1. The Kier molecular flexibility index (Phi) is 4.18. The molecule has 0 spiro atoms. The van der Waals surface area contributed by atoms with E-state index in [-0.39, 0.29) is 5.82 Å². The molecule has 0 saturated heterocycles. The summed E-state index contributed by atoms with van der Waals surface area (Å²) in [5, 5.41) is 0. The van der Waals surface area contributed by atoms with E-state index in [1.54, 1.807) is 12.1 Å². The van der Waals surface area contributed by atoms with E-state index >= 15 is 0 Å². The van der Waals surface area contributed by atoms with Gasteiger partial charge < -0.3 is 4.74 Å². The molecule has 0 radical (unpaired) electrons. The zero-order chi connectivity index (χ0) is 9.68. The zero-order valence-corrected chi connectivity index (χ0v) is 8.75. The molecule has 1 rings (SSSR count). The Morgan fingerprint density at radius 2 is 2.38 bits per heavy atom. The first-order chi connectivity index (χ1) is 6.22. The summed E-state index contributed by atoms with van der Waals surface area (Å²) < 4.78 is 18.2. The van der Waals surface area contributed by atoms with Crippen molar-refractivity contribution in [2.45, 2.75) is 11.8 Å². The van der Waals surface area contributed by atoms with Crippen LogP contribution in [0.4, 0.5) is 4.39 Å². The van der Waals surface area contributed by atoms with Crippen molar-refractivity contribution in [2.24, 2.45) is 0 Å². The van der Waals surface area contributed by atoms with Gasteiger partial charge in [-0.1, -0.05) is 6.07 Å². The van der Waals surface area contributed by atoms with Gasteiger partial charge >= 0.3 is 0 Å². The quantitative estimate of drug-likeness (QED) is 0.555. The maximum Gasteiger partial charge on any atom is 0.224 e. The van der Waals surface area contributed by atoms with Gasteiger partial charge in [-0.05, 0) is 49.1 Å². The molecule has 1 nitrogen and oxygen atoms in total. The second kappa shape index (κ2) is 5.19. The van der Waals surface area contributed by atoms with Gasteiger partial charge in [0.05, 0.1) is 6.61 Å². The standard InChI is InChI=1S/C9H9FOS2/c1-2-11-9(12)13-8-5-3-4-7(10)6-8/h3-6H,2H2,1H3. The Labute approximate surface area is 86.3 Å². The molecule has 70 valence electrons. The van der Waals surface area contributed by atoms with E-state index in [2.05, 4.69) is 0 Å². The molecule has 0 amide bonds. The van der Waals surface area contributed by atoms with E-state index in [1.807, 2.05) is 6.92 Å². The SMILES string of the molecule is CCOC(=S)Sc1cccc(F)c1. The van der Waals surface area contributed by atoms with Crippen LogP contribution in [0.15, 0.2) is 29.2 Å². The van der Waals surface area contributed by atoms with Crippen molar-refractivity contribution in [1.82, 2.24) is 0 Å². The Morgan fingerprint density at radius 1 is 1.62 bits per heavy atom. The fourth-order valence-corrected chi connectivity index (χ4v) is 1.87. The molecule has 1 aromatic carbocycles. The first-order valence-corrected chi connectivity index (χ1v) is 5.05. The lowest BCUT2D eigenvalue weighted by atomic mass is 10.4. The molecule has 0 N–H and O–H groups in total. The first kappa shape index (κ1) is 10.5. The van der Waals surface area contributed by atoms with Crippen LogP contribution in [0.5, 0.6) is 0 Å². The molecule has 0 aliphatic rings. The number of halogens is 1. The summed E-state index contributed by atoms with van der Waals surface area (Å²) in [6.45, 7) is 2.40. The number of hydrogen-bond donors (Lipinski definition) is 0. The number of hydrogen-bond acceptors (Lipinski definition) is 3. The molecule has 4 heteroatoms. The molecule has 0 aliphatic heterocycles. The van der Waals surface area contributed by atoms with E-state index in [1.165, 1.54) is 23.9 Å². The topological polar surface area (TPSA) is 9.23 Å². The first-order valence-electron chi connectivity index (χ1n) is 3.82. The Bertz CT molecular complexity index is 301. The van der Waals surface area contributed by atoms with E-state index < -0.39 is 0 Å². The van der Waals surface area contributed by atoms with Crippen LogP contribution in [0, 0.1) is 5.82 Å². The summed E-state index contributed by atoms with van der Waals surface area (Å²) in [4.78, 5) is 0.762. The van der Waals surface area contributed by atoms with Crippen LogP contribution in [0.3, 0.4) is 0 Å². The fourth-order valence-electron chi connectivity index (χ4n) is 0.774. The number of benzene rings is 1. The minimum Gasteiger partial charge on any atom is -0.479 e. The predicted octanol–water partition coefficient (Wildman–Crippen LogP) is 3.24. The minimum atomic E-state index is -0.260. The van der Waals surface area contributed by atoms with Crippen molar-refractivity contribution < 1.29 is 9.13 Å². The van der Waals surface area contributed by atoms with Crippen molar-refractivity contribution in [2.75, 3.05) is 6.61 Å². The Morgan fingerprint density at radius 3 is 3.00 bits per heavy atom. The van der Waals surface area contributed by atoms with Gasteiger partial charge in [0.25, 0.3) is 0 Å². The lowest BCUT2D eigenvalue weighted by Crippen LogP contribution is -1.95. The number of thioether (sulfide) groups is 1. The van der Waals surface area contributed by atoms with Crippen LogP contribution >= 0.6 is 24.0 Å². The van der Waals surface area contributed by atoms with Gasteiger partial charge in [-0.25, -0.2) is 4.39 Å². The normalized spacial score (nSPS) is 9.69. The summed E-state index contributed by atoms with van der Waals surface area (Å²) in [6.07, 6.45) is 0. The van der Waals surface area contributed by atoms with Crippen LogP contribution in [-0.4, -0.2) is 11.0 Å². The Balaban J connectivity index is 2.58. The molecule has 0 heterocycles. The number of ether oxygens (including phenoxy) is 1. The molecule has 0 unspecified atom stereocenters. The lowest BCUT2D eigenvalue weighted by Gasteiger charge is -2.03. The molecule has 0 saturated carbocycles. The van der Waals surface area contributed by atoms with Crippen LogP contribution in [0.2, 0.25) is 0 Å². The lowest BCUT2D eigenvalue weighted by molar-refractivity contribution is 0.346. The van der Waals surface area contributed by atoms with Crippen LogP contribution in [0.1, 0.15) is 6.92 Å². The van der Waals surface area contributed by atoms with Gasteiger partial charge in [0.2, 0.25) is 4.38 Å². The fraction of sp³-hybridized carbons (Fsp3) is 0.222. The third kappa shape index (κ3) is 3.74. The van der Waals surface area contributed by atoms with E-state index in [0.717, 1.165) is 4.90 Å². The summed E-state index contributed by atoms with van der Waals surface area (Å²) in [7, 11) is 0. The van der Waals surface area contributed by atoms with Crippen molar-refractivity contribution in [3.63, 3.8) is 0 Å². The van der Waals surface area contributed by atoms with E-state index in [4.69, 9.17) is 17.0 Å². The van der Waals surface area contributed by atoms with Crippen molar-refractivity contribution in [1.29, 1.82) is 0 Å². The summed E-state index contributed by atoms with van der Waals surface area (Å²) in [5.74, 6) is -0.260. The van der Waals surface area contributed by atoms with Crippen LogP contribution < -0.4 is 0 Å². The van der Waals surface area contributed by atoms with Crippen molar-refractivity contribution >= 4 is 28.4 Å². The van der Waals surface area contributed by atoms with Gasteiger partial charge in [-0.15, -0.1) is 0 Å². The average molecular weight is 216 g/mol. The van der Waals surface area contributed by atoms with Crippen molar-refractivity contribution in [3.05, 3.63) is 30.1 Å². The Hall–Kier alpha value is -0.610. The van der Waals surface area contributed by atoms with Gasteiger partial charge in [-0.2, -0.15) is 0 Å². The molecular weight excluding hydrogens is 207 g/mol. The second-order valence-electron chi connectivity index (χ2n) is 2.24. The molecule has 0 fully saturated rings. The van der Waals surface area contributed by atoms with Gasteiger partial charge in [0.15, 0.2) is 0 Å². The van der Waals surface area contributed by atoms with E-state index in [9.17, 15) is 4.39 Å². The summed E-state index contributed by atoms with van der Waals surface area (Å²) in [5.41, 5.74) is 0. The van der Waals surface area contributed by atoms with Gasteiger partial charge in [-0.3, -0.25) is 0 Å². The molecule has 0 aromatic heterocycles. The van der Waals surface area contributed by atoms with E-state index in [0.29, 0.717) is 11.0 Å². The molecule has 13 heavy (non-hydrogen) atoms. The van der Waals surface area contributed by atoms with Gasteiger partial charge in [0.1, 0.15) is 5.82 Å². The number of rotatable bonds is 2. The summed E-state index contributed by atoms with van der Waals surface area (Å²) in [6, 6.07) is 6.26. The average Bonchev–Trinajstić information content (AvgIpc) is 2.04. The predicted molar refractivity (Wildman–Crippen MR) is 56.5 cm³/mol. The monoisotopic (exact) mass is 216 g/mol.